The molecule has 4 rings (SSSR count). The van der Waals surface area contributed by atoms with E-state index >= 15 is 0 Å². The van der Waals surface area contributed by atoms with Crippen LogP contribution < -0.4 is 10.2 Å². The average Bonchev–Trinajstić information content (AvgIpc) is 3.29. The minimum absolute atomic E-state index is 0.0321. The number of aliphatic hydroxyl groups excluding tert-OH is 2. The summed E-state index contributed by atoms with van der Waals surface area (Å²) in [6.07, 6.45) is -3.18. The molecule has 2 amide bonds. The molecule has 0 saturated carbocycles. The van der Waals surface area contributed by atoms with E-state index in [1.54, 1.807) is 29.2 Å². The summed E-state index contributed by atoms with van der Waals surface area (Å²) in [5, 5.41) is 23.3. The number of hydrogen-bond donors (Lipinski definition) is 3. The molecule has 1 fully saturated rings. The minimum Gasteiger partial charge on any atom is -0.388 e. The molecule has 1 saturated heterocycles. The number of benzene rings is 2. The van der Waals surface area contributed by atoms with E-state index in [-0.39, 0.29) is 24.8 Å². The second kappa shape index (κ2) is 8.32. The third-order valence-corrected chi connectivity index (χ3v) is 5.53. The Labute approximate surface area is 168 Å². The third-order valence-electron chi connectivity index (χ3n) is 5.53. The van der Waals surface area contributed by atoms with Crippen molar-refractivity contribution in [3.63, 3.8) is 0 Å². The molecule has 2 aromatic rings. The van der Waals surface area contributed by atoms with Crippen LogP contribution in [-0.4, -0.2) is 59.5 Å². The molecule has 3 N–H and O–H groups in total. The number of nitrogens with zero attached hydrogens (tertiary/aromatic N) is 1. The van der Waals surface area contributed by atoms with E-state index in [4.69, 9.17) is 4.74 Å². The monoisotopic (exact) mass is 396 g/mol. The molecule has 7 heteroatoms. The Morgan fingerprint density at radius 3 is 2.48 bits per heavy atom. The summed E-state index contributed by atoms with van der Waals surface area (Å²) in [6, 6.07) is 16.5. The van der Waals surface area contributed by atoms with Gasteiger partial charge in [0.15, 0.2) is 0 Å². The van der Waals surface area contributed by atoms with Gasteiger partial charge in [-0.05, 0) is 30.2 Å². The lowest BCUT2D eigenvalue weighted by Gasteiger charge is -2.21. The standard InChI is InChI=1S/C22H24N2O5/c25-19(24-11-10-14-6-4-5-9-16(14)24)12-17-20(26)21(27)18(29-17)13-23-22(28)15-7-2-1-3-8-15/h1-9,17-18,20-21,26-27H,10-13H2,(H,23,28)/t17-,18-,20-,21+/m0/s1. The van der Waals surface area contributed by atoms with Crippen LogP contribution in [0.5, 0.6) is 0 Å². The highest BCUT2D eigenvalue weighted by molar-refractivity contribution is 5.96. The molecule has 2 aromatic carbocycles. The highest BCUT2D eigenvalue weighted by Gasteiger charge is 2.44. The summed E-state index contributed by atoms with van der Waals surface area (Å²) in [6.45, 7) is 0.642. The van der Waals surface area contributed by atoms with Crippen LogP contribution in [0.4, 0.5) is 5.69 Å². The van der Waals surface area contributed by atoms with Crippen molar-refractivity contribution in [2.24, 2.45) is 0 Å². The predicted octanol–water partition coefficient (Wildman–Crippen LogP) is 0.885. The lowest BCUT2D eigenvalue weighted by molar-refractivity contribution is -0.122. The first-order valence-electron chi connectivity index (χ1n) is 9.77. The lowest BCUT2D eigenvalue weighted by atomic mass is 10.0. The Morgan fingerprint density at radius 1 is 1.00 bits per heavy atom. The average molecular weight is 396 g/mol. The topological polar surface area (TPSA) is 99.1 Å². The minimum atomic E-state index is -1.18. The SMILES string of the molecule is O=C(NC[C@@H]1O[C@@H](CC(=O)N2CCc3ccccc32)[C@H](O)[C@@H]1O)c1ccccc1. The van der Waals surface area contributed by atoms with Gasteiger partial charge >= 0.3 is 0 Å². The molecule has 0 bridgehead atoms. The Kier molecular flexibility index (Phi) is 5.62. The summed E-state index contributed by atoms with van der Waals surface area (Å²) in [5.41, 5.74) is 2.51. The van der Waals surface area contributed by atoms with Crippen LogP contribution in [0, 0.1) is 0 Å². The van der Waals surface area contributed by atoms with Crippen molar-refractivity contribution in [1.29, 1.82) is 0 Å². The van der Waals surface area contributed by atoms with Crippen molar-refractivity contribution >= 4 is 17.5 Å². The van der Waals surface area contributed by atoms with Crippen molar-refractivity contribution in [2.75, 3.05) is 18.0 Å². The van der Waals surface area contributed by atoms with Crippen LogP contribution >= 0.6 is 0 Å². The normalized spacial score (nSPS) is 25.7. The number of carbonyl (C=O) groups excluding carboxylic acids is 2. The van der Waals surface area contributed by atoms with Crippen molar-refractivity contribution in [1.82, 2.24) is 5.32 Å². The number of carbonyl (C=O) groups is 2. The summed E-state index contributed by atoms with van der Waals surface area (Å²) in [7, 11) is 0. The number of aliphatic hydroxyl groups is 2. The van der Waals surface area contributed by atoms with Crippen LogP contribution in [-0.2, 0) is 16.0 Å². The van der Waals surface area contributed by atoms with Crippen molar-refractivity contribution in [2.45, 2.75) is 37.3 Å². The molecule has 2 aliphatic rings. The van der Waals surface area contributed by atoms with Gasteiger partial charge in [0.25, 0.3) is 5.91 Å². The summed E-state index contributed by atoms with van der Waals surface area (Å²) < 4.78 is 5.73. The molecule has 2 aliphatic heterocycles. The number of anilines is 1. The first-order chi connectivity index (χ1) is 14.0. The van der Waals surface area contributed by atoms with Gasteiger partial charge in [-0.1, -0.05) is 36.4 Å². The van der Waals surface area contributed by atoms with Crippen molar-refractivity contribution in [3.05, 3.63) is 65.7 Å². The molecule has 0 aromatic heterocycles. The van der Waals surface area contributed by atoms with E-state index in [9.17, 15) is 19.8 Å². The molecule has 0 radical (unpaired) electrons. The van der Waals surface area contributed by atoms with Gasteiger partial charge in [-0.25, -0.2) is 0 Å². The number of hydrogen-bond acceptors (Lipinski definition) is 5. The Balaban J connectivity index is 1.34. The fourth-order valence-corrected chi connectivity index (χ4v) is 3.93. The fraction of sp³-hybridized carbons (Fsp3) is 0.364. The van der Waals surface area contributed by atoms with E-state index in [0.29, 0.717) is 12.1 Å². The molecule has 7 nitrogen and oxygen atoms in total. The maximum atomic E-state index is 12.8. The van der Waals surface area contributed by atoms with Crippen LogP contribution in [0.25, 0.3) is 0 Å². The number of fused-ring (bicyclic) bond motifs is 1. The highest BCUT2D eigenvalue weighted by Crippen LogP contribution is 2.30. The van der Waals surface area contributed by atoms with Gasteiger partial charge in [-0.3, -0.25) is 9.59 Å². The maximum absolute atomic E-state index is 12.8. The molecular weight excluding hydrogens is 372 g/mol. The summed E-state index contributed by atoms with van der Waals surface area (Å²) in [5.74, 6) is -0.440. The zero-order valence-corrected chi connectivity index (χ0v) is 15.9. The number of amides is 2. The number of ether oxygens (including phenoxy) is 1. The predicted molar refractivity (Wildman–Crippen MR) is 107 cm³/mol. The largest absolute Gasteiger partial charge is 0.388 e. The van der Waals surface area contributed by atoms with Gasteiger partial charge in [0, 0.05) is 24.3 Å². The van der Waals surface area contributed by atoms with E-state index in [1.165, 1.54) is 0 Å². The molecule has 2 heterocycles. The Hall–Kier alpha value is -2.74. The van der Waals surface area contributed by atoms with Gasteiger partial charge in [-0.15, -0.1) is 0 Å². The quantitative estimate of drug-likeness (QED) is 0.697. The van der Waals surface area contributed by atoms with Crippen LogP contribution in [0.1, 0.15) is 22.3 Å². The molecule has 0 unspecified atom stereocenters. The number of nitrogens with one attached hydrogen (secondary N) is 1. The van der Waals surface area contributed by atoms with Gasteiger partial charge in [0.1, 0.15) is 18.3 Å². The Bertz CT molecular complexity index is 888. The molecule has 4 atom stereocenters. The van der Waals surface area contributed by atoms with Crippen molar-refractivity contribution < 1.29 is 24.5 Å². The zero-order chi connectivity index (χ0) is 20.4. The second-order valence-electron chi connectivity index (χ2n) is 7.40. The van der Waals surface area contributed by atoms with E-state index < -0.39 is 24.4 Å². The van der Waals surface area contributed by atoms with Gasteiger partial charge in [0.2, 0.25) is 5.91 Å². The van der Waals surface area contributed by atoms with Crippen LogP contribution in [0.15, 0.2) is 54.6 Å². The first kappa shape index (κ1) is 19.6. The van der Waals surface area contributed by atoms with Gasteiger partial charge < -0.3 is 25.2 Å². The maximum Gasteiger partial charge on any atom is 0.251 e. The van der Waals surface area contributed by atoms with Gasteiger partial charge in [0.05, 0.1) is 12.5 Å². The first-order valence-corrected chi connectivity index (χ1v) is 9.77. The summed E-state index contributed by atoms with van der Waals surface area (Å²) >= 11 is 0. The highest BCUT2D eigenvalue weighted by atomic mass is 16.5. The lowest BCUT2D eigenvalue weighted by Crippen LogP contribution is -2.40. The number of rotatable bonds is 5. The second-order valence-corrected chi connectivity index (χ2v) is 7.40. The van der Waals surface area contributed by atoms with E-state index in [1.807, 2.05) is 30.3 Å². The van der Waals surface area contributed by atoms with E-state index in [2.05, 4.69) is 5.32 Å². The van der Waals surface area contributed by atoms with Gasteiger partial charge in [-0.2, -0.15) is 0 Å². The third kappa shape index (κ3) is 4.03. The van der Waals surface area contributed by atoms with Crippen LogP contribution in [0.2, 0.25) is 0 Å². The zero-order valence-electron chi connectivity index (χ0n) is 15.9. The molecule has 0 aliphatic carbocycles. The van der Waals surface area contributed by atoms with Crippen LogP contribution in [0.3, 0.4) is 0 Å². The Morgan fingerprint density at radius 2 is 1.69 bits per heavy atom. The molecule has 0 spiro atoms. The smallest absolute Gasteiger partial charge is 0.251 e. The summed E-state index contributed by atoms with van der Waals surface area (Å²) in [4.78, 5) is 26.6. The van der Waals surface area contributed by atoms with Crippen molar-refractivity contribution in [3.8, 4) is 0 Å². The fourth-order valence-electron chi connectivity index (χ4n) is 3.93. The van der Waals surface area contributed by atoms with E-state index in [0.717, 1.165) is 17.7 Å². The molecule has 152 valence electrons. The molecule has 29 heavy (non-hydrogen) atoms. The number of para-hydroxylation sites is 1. The molecular formula is C22H24N2O5.